The Morgan fingerprint density at radius 2 is 1.90 bits per heavy atom. The fourth-order valence-corrected chi connectivity index (χ4v) is 2.36. The van der Waals surface area contributed by atoms with Gasteiger partial charge in [-0.2, -0.15) is 0 Å². The third-order valence-electron chi connectivity index (χ3n) is 3.41. The average Bonchev–Trinajstić information content (AvgIpc) is 2.78. The van der Waals surface area contributed by atoms with E-state index in [9.17, 15) is 13.2 Å². The van der Waals surface area contributed by atoms with Crippen LogP contribution in [-0.4, -0.2) is 36.4 Å². The number of nitrogens with zero attached hydrogens (tertiary/aromatic N) is 1. The molecule has 1 N–H and O–H groups in total. The number of anilines is 1. The van der Waals surface area contributed by atoms with Gasteiger partial charge < -0.3 is 10.1 Å². The maximum Gasteiger partial charge on any atom is 0.573 e. The Morgan fingerprint density at radius 1 is 1.25 bits per heavy atom. The van der Waals surface area contributed by atoms with Crippen molar-refractivity contribution in [2.75, 3.05) is 18.4 Å². The molecule has 1 heterocycles. The minimum atomic E-state index is -4.64. The predicted octanol–water partition coefficient (Wildman–Crippen LogP) is 3.48. The second-order valence-corrected chi connectivity index (χ2v) is 5.29. The Bertz CT molecular complexity index is 431. The molecular weight excluding hydrogens is 269 g/mol. The number of likely N-dealkylation sites (tertiary alicyclic amines) is 1. The van der Waals surface area contributed by atoms with E-state index in [4.69, 9.17) is 0 Å². The van der Waals surface area contributed by atoms with Crippen LogP contribution in [0.5, 0.6) is 5.75 Å². The number of rotatable bonds is 4. The van der Waals surface area contributed by atoms with E-state index in [1.54, 1.807) is 12.1 Å². The van der Waals surface area contributed by atoms with E-state index in [1.807, 2.05) is 0 Å². The van der Waals surface area contributed by atoms with E-state index in [-0.39, 0.29) is 5.75 Å². The highest BCUT2D eigenvalue weighted by Crippen LogP contribution is 2.25. The monoisotopic (exact) mass is 288 g/mol. The molecule has 0 saturated carbocycles. The average molecular weight is 288 g/mol. The molecular formula is C14H19F3N2O. The number of nitrogens with one attached hydrogen (secondary N) is 1. The zero-order valence-electron chi connectivity index (χ0n) is 11.6. The normalized spacial score (nSPS) is 20.4. The molecule has 1 fully saturated rings. The first-order valence-corrected chi connectivity index (χ1v) is 6.70. The first-order valence-electron chi connectivity index (χ1n) is 6.70. The lowest BCUT2D eigenvalue weighted by atomic mass is 10.2. The van der Waals surface area contributed by atoms with Gasteiger partial charge in [0.05, 0.1) is 0 Å². The van der Waals surface area contributed by atoms with Gasteiger partial charge in [0.2, 0.25) is 0 Å². The minimum Gasteiger partial charge on any atom is -0.406 e. The highest BCUT2D eigenvalue weighted by atomic mass is 19.4. The van der Waals surface area contributed by atoms with Crippen molar-refractivity contribution < 1.29 is 17.9 Å². The summed E-state index contributed by atoms with van der Waals surface area (Å²) >= 11 is 0. The maximum absolute atomic E-state index is 12.0. The van der Waals surface area contributed by atoms with Gasteiger partial charge >= 0.3 is 6.36 Å². The Balaban J connectivity index is 1.88. The van der Waals surface area contributed by atoms with E-state index in [1.165, 1.54) is 12.1 Å². The molecule has 0 spiro atoms. The van der Waals surface area contributed by atoms with Crippen LogP contribution in [0.25, 0.3) is 0 Å². The number of ether oxygens (including phenoxy) is 1. The summed E-state index contributed by atoms with van der Waals surface area (Å²) in [5.74, 6) is -0.196. The number of hydrogen-bond donors (Lipinski definition) is 1. The molecule has 0 aromatic heterocycles. The van der Waals surface area contributed by atoms with Gasteiger partial charge in [0.15, 0.2) is 0 Å². The first-order chi connectivity index (χ1) is 9.33. The van der Waals surface area contributed by atoms with Gasteiger partial charge in [0, 0.05) is 30.9 Å². The predicted molar refractivity (Wildman–Crippen MR) is 71.9 cm³/mol. The van der Waals surface area contributed by atoms with Gasteiger partial charge in [0.1, 0.15) is 5.75 Å². The Morgan fingerprint density at radius 3 is 2.40 bits per heavy atom. The molecule has 1 aromatic carbocycles. The van der Waals surface area contributed by atoms with Crippen molar-refractivity contribution in [3.05, 3.63) is 24.3 Å². The molecule has 1 aliphatic heterocycles. The Kier molecular flexibility index (Phi) is 4.42. The van der Waals surface area contributed by atoms with Crippen LogP contribution in [0, 0.1) is 0 Å². The topological polar surface area (TPSA) is 24.5 Å². The molecule has 1 atom stereocenters. The van der Waals surface area contributed by atoms with Crippen LogP contribution >= 0.6 is 0 Å². The first kappa shape index (κ1) is 15.0. The second kappa shape index (κ2) is 5.91. The van der Waals surface area contributed by atoms with Gasteiger partial charge in [0.25, 0.3) is 0 Å². The fraction of sp³-hybridized carbons (Fsp3) is 0.571. The SMILES string of the molecule is CC(C)N1CCC(Nc2ccc(OC(F)(F)F)cc2)C1. The van der Waals surface area contributed by atoms with E-state index in [2.05, 4.69) is 28.8 Å². The number of halogens is 3. The van der Waals surface area contributed by atoms with E-state index < -0.39 is 6.36 Å². The second-order valence-electron chi connectivity index (χ2n) is 5.29. The van der Waals surface area contributed by atoms with Crippen molar-refractivity contribution >= 4 is 5.69 Å². The van der Waals surface area contributed by atoms with E-state index in [0.717, 1.165) is 25.2 Å². The molecule has 1 aromatic rings. The zero-order chi connectivity index (χ0) is 14.8. The summed E-state index contributed by atoms with van der Waals surface area (Å²) in [5, 5.41) is 3.34. The number of hydrogen-bond acceptors (Lipinski definition) is 3. The van der Waals surface area contributed by atoms with Crippen molar-refractivity contribution in [3.63, 3.8) is 0 Å². The van der Waals surface area contributed by atoms with Crippen molar-refractivity contribution in [2.45, 2.75) is 38.7 Å². The summed E-state index contributed by atoms with van der Waals surface area (Å²) in [6.45, 7) is 6.32. The molecule has 2 rings (SSSR count). The molecule has 1 aliphatic rings. The fourth-order valence-electron chi connectivity index (χ4n) is 2.36. The molecule has 0 amide bonds. The summed E-state index contributed by atoms with van der Waals surface area (Å²) in [6, 6.07) is 6.73. The number of alkyl halides is 3. The zero-order valence-corrected chi connectivity index (χ0v) is 11.6. The van der Waals surface area contributed by atoms with Crippen molar-refractivity contribution in [1.29, 1.82) is 0 Å². The third kappa shape index (κ3) is 4.30. The molecule has 1 unspecified atom stereocenters. The lowest BCUT2D eigenvalue weighted by molar-refractivity contribution is -0.274. The van der Waals surface area contributed by atoms with Crippen molar-refractivity contribution in [1.82, 2.24) is 4.90 Å². The highest BCUT2D eigenvalue weighted by molar-refractivity contribution is 5.47. The van der Waals surface area contributed by atoms with E-state index in [0.29, 0.717) is 12.1 Å². The Hall–Kier alpha value is -1.43. The molecule has 112 valence electrons. The molecule has 3 nitrogen and oxygen atoms in total. The summed E-state index contributed by atoms with van der Waals surface area (Å²) in [4.78, 5) is 2.37. The van der Waals surface area contributed by atoms with Crippen LogP contribution in [0.2, 0.25) is 0 Å². The van der Waals surface area contributed by atoms with Crippen molar-refractivity contribution in [2.24, 2.45) is 0 Å². The minimum absolute atomic E-state index is 0.196. The van der Waals surface area contributed by atoms with Crippen LogP contribution in [0.1, 0.15) is 20.3 Å². The largest absolute Gasteiger partial charge is 0.573 e. The molecule has 20 heavy (non-hydrogen) atoms. The van der Waals surface area contributed by atoms with Gasteiger partial charge in [-0.3, -0.25) is 4.90 Å². The van der Waals surface area contributed by atoms with Gasteiger partial charge in [-0.1, -0.05) is 0 Å². The van der Waals surface area contributed by atoms with Gasteiger partial charge in [-0.05, 0) is 44.5 Å². The quantitative estimate of drug-likeness (QED) is 0.918. The van der Waals surface area contributed by atoms with Crippen LogP contribution in [0.15, 0.2) is 24.3 Å². The molecule has 1 saturated heterocycles. The van der Waals surface area contributed by atoms with Crippen LogP contribution in [-0.2, 0) is 0 Å². The van der Waals surface area contributed by atoms with Crippen LogP contribution in [0.3, 0.4) is 0 Å². The Labute approximate surface area is 116 Å². The van der Waals surface area contributed by atoms with Crippen molar-refractivity contribution in [3.8, 4) is 5.75 Å². The standard InChI is InChI=1S/C14H19F3N2O/c1-10(2)19-8-7-12(9-19)18-11-3-5-13(6-4-11)20-14(15,16)17/h3-6,10,12,18H,7-9H2,1-2H3. The lowest BCUT2D eigenvalue weighted by Gasteiger charge is -2.21. The summed E-state index contributed by atoms with van der Waals surface area (Å²) in [5.41, 5.74) is 0.815. The van der Waals surface area contributed by atoms with E-state index >= 15 is 0 Å². The highest BCUT2D eigenvalue weighted by Gasteiger charge is 2.31. The molecule has 0 bridgehead atoms. The number of benzene rings is 1. The lowest BCUT2D eigenvalue weighted by Crippen LogP contribution is -2.31. The molecule has 0 aliphatic carbocycles. The molecule has 6 heteroatoms. The molecule has 0 radical (unpaired) electrons. The van der Waals surface area contributed by atoms with Gasteiger partial charge in [-0.15, -0.1) is 13.2 Å². The van der Waals surface area contributed by atoms with Crippen LogP contribution in [0.4, 0.5) is 18.9 Å². The van der Waals surface area contributed by atoms with Gasteiger partial charge in [-0.25, -0.2) is 0 Å². The summed E-state index contributed by atoms with van der Waals surface area (Å²) < 4.78 is 40.0. The summed E-state index contributed by atoms with van der Waals surface area (Å²) in [6.07, 6.45) is -3.60. The smallest absolute Gasteiger partial charge is 0.406 e. The third-order valence-corrected chi connectivity index (χ3v) is 3.41. The maximum atomic E-state index is 12.0. The summed E-state index contributed by atoms with van der Waals surface area (Å²) in [7, 11) is 0. The van der Waals surface area contributed by atoms with Crippen LogP contribution < -0.4 is 10.1 Å².